The van der Waals surface area contributed by atoms with Crippen molar-refractivity contribution in [3.05, 3.63) is 39.9 Å². The van der Waals surface area contributed by atoms with Crippen molar-refractivity contribution >= 4 is 11.7 Å². The highest BCUT2D eigenvalue weighted by molar-refractivity contribution is 5.74. The maximum atomic E-state index is 12.1. The molecule has 1 aliphatic heterocycles. The number of hydrogen-bond donors (Lipinski definition) is 2. The number of nitro benzene ring substituents is 1. The van der Waals surface area contributed by atoms with Gasteiger partial charge in [0, 0.05) is 24.3 Å². The number of carbonyl (C=O) groups is 1. The lowest BCUT2D eigenvalue weighted by Crippen LogP contribution is -2.49. The lowest BCUT2D eigenvalue weighted by molar-refractivity contribution is -0.385. The number of carbonyl (C=O) groups excluding carboxylic acids is 1. The molecule has 0 radical (unpaired) electrons. The van der Waals surface area contributed by atoms with Crippen LogP contribution in [-0.2, 0) is 11.3 Å². The average Bonchev–Trinajstić information content (AvgIpc) is 3.00. The van der Waals surface area contributed by atoms with Gasteiger partial charge in [0.25, 0.3) is 5.69 Å². The summed E-state index contributed by atoms with van der Waals surface area (Å²) in [6.07, 6.45) is 6.19. The van der Waals surface area contributed by atoms with Crippen molar-refractivity contribution in [2.45, 2.75) is 56.7 Å². The summed E-state index contributed by atoms with van der Waals surface area (Å²) in [5, 5.41) is 16.7. The Morgan fingerprint density at radius 2 is 2.08 bits per heavy atom. The van der Waals surface area contributed by atoms with Gasteiger partial charge in [0.15, 0.2) is 0 Å². The van der Waals surface area contributed by atoms with Crippen molar-refractivity contribution in [3.63, 3.8) is 0 Å². The van der Waals surface area contributed by atoms with Crippen molar-refractivity contribution in [2.24, 2.45) is 0 Å². The number of ether oxygens (including phenoxy) is 1. The van der Waals surface area contributed by atoms with Crippen molar-refractivity contribution in [2.75, 3.05) is 6.61 Å². The number of hydrogen-bond acceptors (Lipinski definition) is 4. The van der Waals surface area contributed by atoms with Crippen LogP contribution in [0.4, 0.5) is 10.5 Å². The number of amides is 2. The van der Waals surface area contributed by atoms with Gasteiger partial charge in [0.05, 0.1) is 17.1 Å². The zero-order chi connectivity index (χ0) is 17.0. The van der Waals surface area contributed by atoms with Crippen LogP contribution >= 0.6 is 0 Å². The van der Waals surface area contributed by atoms with E-state index >= 15 is 0 Å². The molecular weight excluding hydrogens is 310 g/mol. The highest BCUT2D eigenvalue weighted by atomic mass is 16.6. The van der Waals surface area contributed by atoms with Gasteiger partial charge in [-0.1, -0.05) is 31.0 Å². The number of nitro groups is 1. The van der Waals surface area contributed by atoms with E-state index in [1.54, 1.807) is 18.2 Å². The summed E-state index contributed by atoms with van der Waals surface area (Å²) in [4.78, 5) is 22.7. The molecule has 1 unspecified atom stereocenters. The van der Waals surface area contributed by atoms with Gasteiger partial charge in [-0.3, -0.25) is 10.1 Å². The van der Waals surface area contributed by atoms with E-state index in [-0.39, 0.29) is 29.9 Å². The van der Waals surface area contributed by atoms with Gasteiger partial charge in [-0.25, -0.2) is 4.79 Å². The summed E-state index contributed by atoms with van der Waals surface area (Å²) >= 11 is 0. The average molecular weight is 333 g/mol. The van der Waals surface area contributed by atoms with E-state index < -0.39 is 4.92 Å². The Morgan fingerprint density at radius 1 is 1.33 bits per heavy atom. The van der Waals surface area contributed by atoms with Crippen LogP contribution in [0.25, 0.3) is 0 Å². The molecule has 0 aromatic heterocycles. The smallest absolute Gasteiger partial charge is 0.315 e. The highest BCUT2D eigenvalue weighted by Gasteiger charge is 2.40. The summed E-state index contributed by atoms with van der Waals surface area (Å²) in [6.45, 7) is 0.812. The second-order valence-corrected chi connectivity index (χ2v) is 6.64. The molecule has 0 bridgehead atoms. The second kappa shape index (κ2) is 7.17. The predicted octanol–water partition coefficient (Wildman–Crippen LogP) is 2.89. The first-order chi connectivity index (χ1) is 11.6. The van der Waals surface area contributed by atoms with Gasteiger partial charge in [0.2, 0.25) is 0 Å². The van der Waals surface area contributed by atoms with Crippen LogP contribution in [0.3, 0.4) is 0 Å². The molecule has 1 heterocycles. The van der Waals surface area contributed by atoms with Crippen LogP contribution in [0.15, 0.2) is 24.3 Å². The minimum absolute atomic E-state index is 0.0220. The summed E-state index contributed by atoms with van der Waals surface area (Å²) in [5.41, 5.74) is 0.472. The molecule has 1 saturated carbocycles. The molecule has 2 fully saturated rings. The second-order valence-electron chi connectivity index (χ2n) is 6.64. The number of nitrogens with one attached hydrogen (secondary N) is 2. The zero-order valence-electron chi connectivity index (χ0n) is 13.6. The molecule has 1 aliphatic carbocycles. The number of nitrogens with zero attached hydrogens (tertiary/aromatic N) is 1. The normalized spacial score (nSPS) is 22.2. The van der Waals surface area contributed by atoms with Gasteiger partial charge in [-0.05, 0) is 25.7 Å². The van der Waals surface area contributed by atoms with E-state index in [1.165, 1.54) is 18.9 Å². The summed E-state index contributed by atoms with van der Waals surface area (Å²) in [6, 6.07) is 6.25. The lowest BCUT2D eigenvalue weighted by atomic mass is 9.89. The van der Waals surface area contributed by atoms with E-state index in [2.05, 4.69) is 10.6 Å². The van der Waals surface area contributed by atoms with Crippen molar-refractivity contribution in [3.8, 4) is 0 Å². The van der Waals surface area contributed by atoms with E-state index in [0.29, 0.717) is 12.2 Å². The maximum absolute atomic E-state index is 12.1. The van der Waals surface area contributed by atoms with Gasteiger partial charge >= 0.3 is 6.03 Å². The van der Waals surface area contributed by atoms with E-state index in [1.807, 2.05) is 0 Å². The molecule has 1 spiro atoms. The van der Waals surface area contributed by atoms with Crippen LogP contribution in [0, 0.1) is 10.1 Å². The van der Waals surface area contributed by atoms with Crippen LogP contribution in [0.5, 0.6) is 0 Å². The third kappa shape index (κ3) is 3.84. The number of urea groups is 1. The molecule has 2 N–H and O–H groups in total. The minimum Gasteiger partial charge on any atom is -0.375 e. The molecule has 1 saturated heterocycles. The Labute approximate surface area is 140 Å². The first-order valence-electron chi connectivity index (χ1n) is 8.49. The van der Waals surface area contributed by atoms with E-state index in [4.69, 9.17) is 4.74 Å². The maximum Gasteiger partial charge on any atom is 0.315 e. The van der Waals surface area contributed by atoms with E-state index in [0.717, 1.165) is 25.7 Å². The van der Waals surface area contributed by atoms with Crippen LogP contribution in [-0.4, -0.2) is 29.2 Å². The number of benzene rings is 1. The largest absolute Gasteiger partial charge is 0.375 e. The number of para-hydroxylation sites is 1. The molecule has 7 nitrogen and oxygen atoms in total. The molecule has 130 valence electrons. The molecule has 24 heavy (non-hydrogen) atoms. The summed E-state index contributed by atoms with van der Waals surface area (Å²) in [5.74, 6) is 0. The fraction of sp³-hybridized carbons (Fsp3) is 0.588. The SMILES string of the molecule is O=C(NCc1ccccc1[N+](=O)[O-])NC1CCOC2(CCCC2)C1. The quantitative estimate of drug-likeness (QED) is 0.654. The molecule has 3 rings (SSSR count). The zero-order valence-corrected chi connectivity index (χ0v) is 13.6. The molecule has 1 aromatic carbocycles. The minimum atomic E-state index is -0.433. The van der Waals surface area contributed by atoms with Crippen LogP contribution in [0.2, 0.25) is 0 Å². The third-order valence-electron chi connectivity index (χ3n) is 4.97. The highest BCUT2D eigenvalue weighted by Crippen LogP contribution is 2.39. The fourth-order valence-corrected chi connectivity index (χ4v) is 3.77. The van der Waals surface area contributed by atoms with Gasteiger partial charge < -0.3 is 15.4 Å². The van der Waals surface area contributed by atoms with Crippen molar-refractivity contribution in [1.82, 2.24) is 10.6 Å². The Morgan fingerprint density at radius 3 is 2.83 bits per heavy atom. The molecule has 2 aliphatic rings. The Balaban J connectivity index is 1.52. The van der Waals surface area contributed by atoms with E-state index in [9.17, 15) is 14.9 Å². The molecule has 1 atom stereocenters. The molecule has 1 aromatic rings. The Hall–Kier alpha value is -2.15. The Kier molecular flexibility index (Phi) is 4.99. The first-order valence-corrected chi connectivity index (χ1v) is 8.49. The van der Waals surface area contributed by atoms with Gasteiger partial charge in [0.1, 0.15) is 0 Å². The fourth-order valence-electron chi connectivity index (χ4n) is 3.77. The van der Waals surface area contributed by atoms with Crippen LogP contribution < -0.4 is 10.6 Å². The third-order valence-corrected chi connectivity index (χ3v) is 4.97. The first kappa shape index (κ1) is 16.7. The summed E-state index contributed by atoms with van der Waals surface area (Å²) in [7, 11) is 0. The number of rotatable bonds is 4. The summed E-state index contributed by atoms with van der Waals surface area (Å²) < 4.78 is 5.96. The van der Waals surface area contributed by atoms with Gasteiger partial charge in [-0.15, -0.1) is 0 Å². The predicted molar refractivity (Wildman–Crippen MR) is 88.6 cm³/mol. The van der Waals surface area contributed by atoms with Crippen molar-refractivity contribution in [1.29, 1.82) is 0 Å². The van der Waals surface area contributed by atoms with Crippen molar-refractivity contribution < 1.29 is 14.5 Å². The molecule has 7 heteroatoms. The topological polar surface area (TPSA) is 93.5 Å². The Bertz CT molecular complexity index is 614. The molecule has 2 amide bonds. The molecular formula is C17H23N3O4. The standard InChI is InChI=1S/C17H23N3O4/c21-16(18-12-13-5-1-2-6-15(13)20(22)23)19-14-7-10-24-17(11-14)8-3-4-9-17/h1-2,5-6,14H,3-4,7-12H2,(H2,18,19,21). The van der Waals surface area contributed by atoms with Crippen LogP contribution in [0.1, 0.15) is 44.1 Å². The monoisotopic (exact) mass is 333 g/mol. The lowest BCUT2D eigenvalue weighted by Gasteiger charge is -2.38. The van der Waals surface area contributed by atoms with Gasteiger partial charge in [-0.2, -0.15) is 0 Å².